The minimum atomic E-state index is -4.70. The molecule has 1 aromatic carbocycles. The zero-order chi connectivity index (χ0) is 15.3. The summed E-state index contributed by atoms with van der Waals surface area (Å²) in [6.45, 7) is 3.33. The van der Waals surface area contributed by atoms with Crippen LogP contribution in [-0.4, -0.2) is 23.1 Å². The molecule has 0 bridgehead atoms. The maximum Gasteiger partial charge on any atom is 0.573 e. The second kappa shape index (κ2) is 6.57. The molecule has 1 N–H and O–H groups in total. The summed E-state index contributed by atoms with van der Waals surface area (Å²) < 4.78 is 45.3. The third kappa shape index (κ3) is 4.75. The molecule has 0 aliphatic rings. The van der Waals surface area contributed by atoms with Gasteiger partial charge in [-0.3, -0.25) is 0 Å². The lowest BCUT2D eigenvalue weighted by molar-refractivity contribution is -0.274. The first-order chi connectivity index (χ1) is 9.98. The van der Waals surface area contributed by atoms with Crippen molar-refractivity contribution < 1.29 is 22.3 Å². The third-order valence-electron chi connectivity index (χ3n) is 2.50. The van der Waals surface area contributed by atoms with Crippen molar-refractivity contribution in [2.24, 2.45) is 0 Å². The molecule has 1 aromatic heterocycles. The van der Waals surface area contributed by atoms with E-state index < -0.39 is 6.36 Å². The van der Waals surface area contributed by atoms with Crippen molar-refractivity contribution in [3.63, 3.8) is 0 Å². The van der Waals surface area contributed by atoms with E-state index in [1.807, 2.05) is 6.92 Å². The fraction of sp³-hybridized carbons (Fsp3) is 0.385. The van der Waals surface area contributed by atoms with E-state index in [4.69, 9.17) is 4.42 Å². The van der Waals surface area contributed by atoms with Crippen molar-refractivity contribution in [3.8, 4) is 17.2 Å². The van der Waals surface area contributed by atoms with Gasteiger partial charge in [-0.2, -0.15) is 0 Å². The molecule has 0 atom stereocenters. The fourth-order valence-electron chi connectivity index (χ4n) is 1.61. The van der Waals surface area contributed by atoms with Gasteiger partial charge in [-0.15, -0.1) is 23.4 Å². The maximum absolute atomic E-state index is 12.0. The van der Waals surface area contributed by atoms with E-state index in [2.05, 4.69) is 20.3 Å². The van der Waals surface area contributed by atoms with Gasteiger partial charge in [0.2, 0.25) is 11.8 Å². The number of hydrogen-bond acceptors (Lipinski definition) is 5. The van der Waals surface area contributed by atoms with Crippen molar-refractivity contribution in [2.75, 3.05) is 6.54 Å². The number of alkyl halides is 3. The Balaban J connectivity index is 2.02. The summed E-state index contributed by atoms with van der Waals surface area (Å²) in [6.07, 6.45) is -3.72. The maximum atomic E-state index is 12.0. The molecule has 21 heavy (non-hydrogen) atoms. The van der Waals surface area contributed by atoms with Crippen LogP contribution in [0.4, 0.5) is 13.2 Å². The van der Waals surface area contributed by atoms with Crippen LogP contribution >= 0.6 is 0 Å². The van der Waals surface area contributed by atoms with Gasteiger partial charge >= 0.3 is 6.36 Å². The summed E-state index contributed by atoms with van der Waals surface area (Å²) >= 11 is 0. The van der Waals surface area contributed by atoms with E-state index in [0.29, 0.717) is 18.0 Å². The van der Waals surface area contributed by atoms with Gasteiger partial charge in [0, 0.05) is 5.56 Å². The van der Waals surface area contributed by atoms with Gasteiger partial charge in [-0.25, -0.2) is 0 Å². The van der Waals surface area contributed by atoms with E-state index in [1.54, 1.807) is 0 Å². The quantitative estimate of drug-likeness (QED) is 0.831. The molecule has 0 aliphatic carbocycles. The monoisotopic (exact) mass is 301 g/mol. The molecule has 0 spiro atoms. The Labute approximate surface area is 119 Å². The molecule has 8 heteroatoms. The number of hydrogen-bond donors (Lipinski definition) is 1. The predicted octanol–water partition coefficient (Wildman–Crippen LogP) is 3.13. The molecular weight excluding hydrogens is 287 g/mol. The van der Waals surface area contributed by atoms with Crippen LogP contribution in [0.2, 0.25) is 0 Å². The number of benzene rings is 1. The highest BCUT2D eigenvalue weighted by Gasteiger charge is 2.31. The second-order valence-corrected chi connectivity index (χ2v) is 4.25. The lowest BCUT2D eigenvalue weighted by atomic mass is 10.2. The molecule has 114 valence electrons. The molecule has 0 amide bonds. The number of halogens is 3. The van der Waals surface area contributed by atoms with Gasteiger partial charge in [-0.1, -0.05) is 6.92 Å². The first-order valence-corrected chi connectivity index (χ1v) is 6.37. The molecular formula is C13H14F3N3O2. The molecule has 0 radical (unpaired) electrons. The van der Waals surface area contributed by atoms with Crippen molar-refractivity contribution >= 4 is 0 Å². The number of nitrogens with one attached hydrogen (secondary N) is 1. The van der Waals surface area contributed by atoms with Crippen LogP contribution in [0.1, 0.15) is 19.2 Å². The number of rotatable bonds is 6. The Kier molecular flexibility index (Phi) is 4.79. The Morgan fingerprint density at radius 3 is 2.52 bits per heavy atom. The Bertz CT molecular complexity index is 567. The topological polar surface area (TPSA) is 60.2 Å². The van der Waals surface area contributed by atoms with Gasteiger partial charge in [-0.05, 0) is 37.2 Å². The van der Waals surface area contributed by atoms with Crippen LogP contribution in [0.15, 0.2) is 28.7 Å². The molecule has 0 saturated heterocycles. The van der Waals surface area contributed by atoms with Crippen molar-refractivity contribution in [2.45, 2.75) is 26.3 Å². The minimum absolute atomic E-state index is 0.252. The van der Waals surface area contributed by atoms with Gasteiger partial charge < -0.3 is 14.5 Å². The normalized spacial score (nSPS) is 11.6. The summed E-state index contributed by atoms with van der Waals surface area (Å²) in [6, 6.07) is 5.25. The van der Waals surface area contributed by atoms with Gasteiger partial charge in [0.05, 0.1) is 6.54 Å². The van der Waals surface area contributed by atoms with Crippen LogP contribution in [0.25, 0.3) is 11.5 Å². The number of nitrogens with zero attached hydrogens (tertiary/aromatic N) is 2. The summed E-state index contributed by atoms with van der Waals surface area (Å²) in [5.74, 6) is 0.381. The minimum Gasteiger partial charge on any atom is -0.419 e. The average molecular weight is 301 g/mol. The SMILES string of the molecule is CCCNCc1nnc(-c2ccc(OC(F)(F)F)cc2)o1. The van der Waals surface area contributed by atoms with Gasteiger partial charge in [0.25, 0.3) is 0 Å². The van der Waals surface area contributed by atoms with Crippen LogP contribution in [-0.2, 0) is 6.54 Å². The van der Waals surface area contributed by atoms with Crippen LogP contribution in [0, 0.1) is 0 Å². The first-order valence-electron chi connectivity index (χ1n) is 6.37. The Hall–Kier alpha value is -2.09. The average Bonchev–Trinajstić information content (AvgIpc) is 2.87. The molecule has 0 aliphatic heterocycles. The molecule has 5 nitrogen and oxygen atoms in total. The standard InChI is InChI=1S/C13H14F3N3O2/c1-2-7-17-8-11-18-19-12(20-11)9-3-5-10(6-4-9)21-13(14,15)16/h3-6,17H,2,7-8H2,1H3. The van der Waals surface area contributed by atoms with Gasteiger partial charge in [0.15, 0.2) is 0 Å². The van der Waals surface area contributed by atoms with E-state index in [-0.39, 0.29) is 11.6 Å². The van der Waals surface area contributed by atoms with Gasteiger partial charge in [0.1, 0.15) is 5.75 Å². The molecule has 0 saturated carbocycles. The summed E-state index contributed by atoms with van der Waals surface area (Å²) in [5, 5.41) is 10.8. The van der Waals surface area contributed by atoms with Crippen molar-refractivity contribution in [1.82, 2.24) is 15.5 Å². The molecule has 1 heterocycles. The Morgan fingerprint density at radius 1 is 1.19 bits per heavy atom. The summed E-state index contributed by atoms with van der Waals surface area (Å²) in [7, 11) is 0. The smallest absolute Gasteiger partial charge is 0.419 e. The molecule has 0 unspecified atom stereocenters. The largest absolute Gasteiger partial charge is 0.573 e. The third-order valence-corrected chi connectivity index (χ3v) is 2.50. The summed E-state index contributed by atoms with van der Waals surface area (Å²) in [4.78, 5) is 0. The lowest BCUT2D eigenvalue weighted by Gasteiger charge is -2.08. The fourth-order valence-corrected chi connectivity index (χ4v) is 1.61. The van der Waals surface area contributed by atoms with Crippen LogP contribution in [0.5, 0.6) is 5.75 Å². The highest BCUT2D eigenvalue weighted by Crippen LogP contribution is 2.25. The Morgan fingerprint density at radius 2 is 1.90 bits per heavy atom. The van der Waals surface area contributed by atoms with E-state index in [1.165, 1.54) is 24.3 Å². The first kappa shape index (κ1) is 15.3. The van der Waals surface area contributed by atoms with E-state index in [9.17, 15) is 13.2 Å². The molecule has 2 aromatic rings. The van der Waals surface area contributed by atoms with Crippen LogP contribution in [0.3, 0.4) is 0 Å². The highest BCUT2D eigenvalue weighted by molar-refractivity contribution is 5.53. The highest BCUT2D eigenvalue weighted by atomic mass is 19.4. The van der Waals surface area contributed by atoms with Crippen molar-refractivity contribution in [3.05, 3.63) is 30.2 Å². The zero-order valence-electron chi connectivity index (χ0n) is 11.3. The zero-order valence-corrected chi connectivity index (χ0v) is 11.3. The van der Waals surface area contributed by atoms with E-state index in [0.717, 1.165) is 13.0 Å². The number of ether oxygens (including phenoxy) is 1. The van der Waals surface area contributed by atoms with E-state index >= 15 is 0 Å². The molecule has 2 rings (SSSR count). The lowest BCUT2D eigenvalue weighted by Crippen LogP contribution is -2.16. The molecule has 0 fully saturated rings. The second-order valence-electron chi connectivity index (χ2n) is 4.25. The summed E-state index contributed by atoms with van der Waals surface area (Å²) in [5.41, 5.74) is 0.527. The van der Waals surface area contributed by atoms with Crippen LogP contribution < -0.4 is 10.1 Å². The number of aromatic nitrogens is 2. The van der Waals surface area contributed by atoms with Crippen molar-refractivity contribution in [1.29, 1.82) is 0 Å². The predicted molar refractivity (Wildman–Crippen MR) is 68.4 cm³/mol.